The van der Waals surface area contributed by atoms with E-state index in [2.05, 4.69) is 20.3 Å². The zero-order valence-electron chi connectivity index (χ0n) is 10.9. The van der Waals surface area contributed by atoms with Crippen LogP contribution in [0.3, 0.4) is 0 Å². The highest BCUT2D eigenvalue weighted by Crippen LogP contribution is 2.36. The zero-order valence-corrected chi connectivity index (χ0v) is 11.7. The van der Waals surface area contributed by atoms with Crippen molar-refractivity contribution in [3.05, 3.63) is 29.7 Å². The van der Waals surface area contributed by atoms with Gasteiger partial charge in [0.15, 0.2) is 10.8 Å². The molecule has 1 fully saturated rings. The smallest absolute Gasteiger partial charge is 0.235 e. The summed E-state index contributed by atoms with van der Waals surface area (Å²) in [5.41, 5.74) is 7.46. The lowest BCUT2D eigenvalue weighted by Crippen LogP contribution is -2.13. The first-order valence-electron chi connectivity index (χ1n) is 6.72. The van der Waals surface area contributed by atoms with Crippen LogP contribution in [0.1, 0.15) is 36.6 Å². The minimum atomic E-state index is 0.504. The monoisotopic (exact) mass is 286 g/mol. The molecule has 0 atom stereocenters. The Balaban J connectivity index is 1.74. The fourth-order valence-corrected chi connectivity index (χ4v) is 3.15. The van der Waals surface area contributed by atoms with E-state index in [4.69, 9.17) is 5.73 Å². The topological polar surface area (TPSA) is 82.0 Å². The molecular weight excluding hydrogens is 272 g/mol. The van der Waals surface area contributed by atoms with E-state index < -0.39 is 0 Å². The van der Waals surface area contributed by atoms with Gasteiger partial charge in [-0.25, -0.2) is 0 Å². The van der Waals surface area contributed by atoms with Crippen LogP contribution < -0.4 is 5.73 Å². The van der Waals surface area contributed by atoms with Crippen LogP contribution in [0.15, 0.2) is 18.3 Å². The van der Waals surface area contributed by atoms with Gasteiger partial charge in [-0.3, -0.25) is 4.98 Å². The molecule has 102 valence electrons. The highest BCUT2D eigenvalue weighted by atomic mass is 32.1. The third kappa shape index (κ3) is 1.82. The SMILES string of the molecule is NCc1ccc(-c2nn3c(C4CCC4)nnc3s2)nc1. The summed E-state index contributed by atoms with van der Waals surface area (Å²) in [4.78, 5) is 5.25. The molecule has 1 saturated carbocycles. The van der Waals surface area contributed by atoms with Crippen molar-refractivity contribution in [1.82, 2.24) is 24.8 Å². The van der Waals surface area contributed by atoms with Gasteiger partial charge in [-0.15, -0.1) is 10.2 Å². The Labute approximate surface area is 119 Å². The predicted octanol–water partition coefficient (Wildman–Crippen LogP) is 1.97. The van der Waals surface area contributed by atoms with Crippen LogP contribution in [0.25, 0.3) is 15.7 Å². The lowest BCUT2D eigenvalue weighted by atomic mass is 9.85. The third-order valence-corrected chi connectivity index (χ3v) is 4.69. The maximum atomic E-state index is 5.58. The molecule has 0 aromatic carbocycles. The van der Waals surface area contributed by atoms with Gasteiger partial charge in [0.1, 0.15) is 5.69 Å². The Morgan fingerprint density at radius 2 is 2.20 bits per heavy atom. The second kappa shape index (κ2) is 4.60. The average Bonchev–Trinajstić information content (AvgIpc) is 2.99. The van der Waals surface area contributed by atoms with Crippen LogP contribution in [0.4, 0.5) is 0 Å². The molecule has 0 unspecified atom stereocenters. The van der Waals surface area contributed by atoms with Gasteiger partial charge in [0.2, 0.25) is 4.96 Å². The normalized spacial score (nSPS) is 15.7. The number of aromatic nitrogens is 5. The van der Waals surface area contributed by atoms with Gasteiger partial charge < -0.3 is 5.73 Å². The predicted molar refractivity (Wildman–Crippen MR) is 76.4 cm³/mol. The molecule has 3 aromatic heterocycles. The molecule has 0 amide bonds. The summed E-state index contributed by atoms with van der Waals surface area (Å²) in [7, 11) is 0. The van der Waals surface area contributed by atoms with Crippen LogP contribution >= 0.6 is 11.3 Å². The van der Waals surface area contributed by atoms with Crippen LogP contribution in [-0.2, 0) is 6.54 Å². The maximum Gasteiger partial charge on any atom is 0.235 e. The van der Waals surface area contributed by atoms with Gasteiger partial charge >= 0.3 is 0 Å². The van der Waals surface area contributed by atoms with Crippen LogP contribution in [0, 0.1) is 0 Å². The standard InChI is InChI=1S/C13H14N6S/c14-6-8-4-5-10(15-7-8)12-18-19-11(9-2-1-3-9)16-17-13(19)20-12/h4-5,7,9H,1-3,6,14H2. The van der Waals surface area contributed by atoms with Crippen LogP contribution in [-0.4, -0.2) is 24.8 Å². The highest BCUT2D eigenvalue weighted by Gasteiger charge is 2.26. The summed E-state index contributed by atoms with van der Waals surface area (Å²) in [5, 5.41) is 14.0. The van der Waals surface area contributed by atoms with Gasteiger partial charge in [-0.2, -0.15) is 9.61 Å². The molecule has 0 spiro atoms. The first-order chi connectivity index (χ1) is 9.85. The number of pyridine rings is 1. The van der Waals surface area contributed by atoms with Crippen molar-refractivity contribution in [2.75, 3.05) is 0 Å². The average molecular weight is 286 g/mol. The fourth-order valence-electron chi connectivity index (χ4n) is 2.33. The molecule has 3 aromatic rings. The lowest BCUT2D eigenvalue weighted by Gasteiger charge is -2.22. The molecule has 2 N–H and O–H groups in total. The highest BCUT2D eigenvalue weighted by molar-refractivity contribution is 7.19. The van der Waals surface area contributed by atoms with Gasteiger partial charge in [0.25, 0.3) is 0 Å². The Kier molecular flexibility index (Phi) is 2.75. The van der Waals surface area contributed by atoms with Gasteiger partial charge in [0.05, 0.1) is 0 Å². The summed E-state index contributed by atoms with van der Waals surface area (Å²) < 4.78 is 1.88. The molecule has 3 heterocycles. The maximum absolute atomic E-state index is 5.58. The molecule has 0 aliphatic heterocycles. The molecule has 20 heavy (non-hydrogen) atoms. The number of hydrogen-bond acceptors (Lipinski definition) is 6. The molecular formula is C13H14N6S. The van der Waals surface area contributed by atoms with E-state index in [1.807, 2.05) is 16.6 Å². The lowest BCUT2D eigenvalue weighted by molar-refractivity contribution is 0.395. The number of hydrogen-bond donors (Lipinski definition) is 1. The summed E-state index contributed by atoms with van der Waals surface area (Å²) in [5.74, 6) is 1.51. The van der Waals surface area contributed by atoms with E-state index in [1.165, 1.54) is 30.6 Å². The van der Waals surface area contributed by atoms with Crippen molar-refractivity contribution in [1.29, 1.82) is 0 Å². The van der Waals surface area contributed by atoms with E-state index >= 15 is 0 Å². The molecule has 7 heteroatoms. The minimum absolute atomic E-state index is 0.504. The van der Waals surface area contributed by atoms with E-state index in [9.17, 15) is 0 Å². The first-order valence-corrected chi connectivity index (χ1v) is 7.54. The van der Waals surface area contributed by atoms with Crippen molar-refractivity contribution >= 4 is 16.3 Å². The third-order valence-electron chi connectivity index (χ3n) is 3.76. The molecule has 0 radical (unpaired) electrons. The molecule has 1 aliphatic carbocycles. The van der Waals surface area contributed by atoms with E-state index in [0.717, 1.165) is 27.1 Å². The summed E-state index contributed by atoms with van der Waals surface area (Å²) in [6.45, 7) is 0.504. The largest absolute Gasteiger partial charge is 0.326 e. The summed E-state index contributed by atoms with van der Waals surface area (Å²) in [6.07, 6.45) is 5.46. The van der Waals surface area contributed by atoms with E-state index in [-0.39, 0.29) is 0 Å². The van der Waals surface area contributed by atoms with Crippen molar-refractivity contribution in [2.45, 2.75) is 31.7 Å². The number of nitrogens with zero attached hydrogens (tertiary/aromatic N) is 5. The molecule has 4 rings (SSSR count). The van der Waals surface area contributed by atoms with E-state index in [1.54, 1.807) is 6.20 Å². The number of nitrogens with two attached hydrogens (primary N) is 1. The molecule has 1 aliphatic rings. The fraction of sp³-hybridized carbons (Fsp3) is 0.385. The van der Waals surface area contributed by atoms with E-state index in [0.29, 0.717) is 12.5 Å². The van der Waals surface area contributed by atoms with Gasteiger partial charge in [-0.1, -0.05) is 23.8 Å². The second-order valence-corrected chi connectivity index (χ2v) is 6.00. The quantitative estimate of drug-likeness (QED) is 0.796. The minimum Gasteiger partial charge on any atom is -0.326 e. The Morgan fingerprint density at radius 1 is 1.30 bits per heavy atom. The zero-order chi connectivity index (χ0) is 13.5. The van der Waals surface area contributed by atoms with Crippen LogP contribution in [0.2, 0.25) is 0 Å². The van der Waals surface area contributed by atoms with Crippen molar-refractivity contribution in [3.8, 4) is 10.7 Å². The second-order valence-electron chi connectivity index (χ2n) is 5.04. The number of fused-ring (bicyclic) bond motifs is 1. The first kappa shape index (κ1) is 11.9. The van der Waals surface area contributed by atoms with Crippen molar-refractivity contribution in [2.24, 2.45) is 5.73 Å². The Hall–Kier alpha value is -1.86. The molecule has 0 saturated heterocycles. The summed E-state index contributed by atoms with van der Waals surface area (Å²) >= 11 is 1.52. The van der Waals surface area contributed by atoms with Crippen molar-refractivity contribution in [3.63, 3.8) is 0 Å². The Morgan fingerprint density at radius 3 is 2.85 bits per heavy atom. The van der Waals surface area contributed by atoms with Crippen molar-refractivity contribution < 1.29 is 0 Å². The molecule has 0 bridgehead atoms. The summed E-state index contributed by atoms with van der Waals surface area (Å²) in [6, 6.07) is 3.94. The Bertz CT molecular complexity index is 740. The van der Waals surface area contributed by atoms with Gasteiger partial charge in [-0.05, 0) is 24.5 Å². The van der Waals surface area contributed by atoms with Gasteiger partial charge in [0, 0.05) is 18.7 Å². The van der Waals surface area contributed by atoms with Crippen LogP contribution in [0.5, 0.6) is 0 Å². The molecule has 6 nitrogen and oxygen atoms in total. The number of rotatable bonds is 3.